The van der Waals surface area contributed by atoms with E-state index in [-0.39, 0.29) is 5.41 Å². The number of nitrogens with zero attached hydrogens (tertiary/aromatic N) is 2. The second-order valence-corrected chi connectivity index (χ2v) is 4.77. The van der Waals surface area contributed by atoms with E-state index in [0.717, 1.165) is 5.82 Å². The third-order valence-corrected chi connectivity index (χ3v) is 2.55. The Hall–Kier alpha value is -1.56. The first kappa shape index (κ1) is 11.5. The summed E-state index contributed by atoms with van der Waals surface area (Å²) in [4.78, 5) is 4.18. The van der Waals surface area contributed by atoms with E-state index in [1.807, 2.05) is 0 Å². The largest absolute Gasteiger partial charge is 0.367 e. The van der Waals surface area contributed by atoms with Crippen LogP contribution < -0.4 is 5.32 Å². The van der Waals surface area contributed by atoms with Gasteiger partial charge >= 0.3 is 0 Å². The molecule has 1 heterocycles. The summed E-state index contributed by atoms with van der Waals surface area (Å²) in [5.41, 5.74) is 0.804. The van der Waals surface area contributed by atoms with E-state index in [9.17, 15) is 0 Å². The van der Waals surface area contributed by atoms with E-state index < -0.39 is 0 Å². The van der Waals surface area contributed by atoms with E-state index in [4.69, 9.17) is 5.26 Å². The number of pyridine rings is 1. The molecule has 0 bridgehead atoms. The number of aromatic nitrogens is 1. The molecular weight excluding hydrogens is 186 g/mol. The average Bonchev–Trinajstić information content (AvgIpc) is 2.16. The molecule has 1 aromatic rings. The molecule has 0 radical (unpaired) electrons. The van der Waals surface area contributed by atoms with Crippen molar-refractivity contribution in [2.75, 3.05) is 5.32 Å². The van der Waals surface area contributed by atoms with Crippen LogP contribution in [0, 0.1) is 16.7 Å². The van der Waals surface area contributed by atoms with E-state index >= 15 is 0 Å². The van der Waals surface area contributed by atoms with Crippen LogP contribution in [0.5, 0.6) is 0 Å². The first-order chi connectivity index (χ1) is 6.93. The Labute approximate surface area is 91.1 Å². The topological polar surface area (TPSA) is 48.7 Å². The lowest BCUT2D eigenvalue weighted by atomic mass is 9.88. The monoisotopic (exact) mass is 203 g/mol. The maximum absolute atomic E-state index is 8.75. The van der Waals surface area contributed by atoms with Crippen molar-refractivity contribution in [2.45, 2.75) is 33.7 Å². The molecule has 0 fully saturated rings. The number of nitrogens with one attached hydrogen (secondary N) is 1. The molecule has 80 valence electrons. The van der Waals surface area contributed by atoms with Crippen LogP contribution in [0.3, 0.4) is 0 Å². The van der Waals surface area contributed by atoms with Gasteiger partial charge in [0.05, 0.1) is 11.6 Å². The first-order valence-electron chi connectivity index (χ1n) is 5.06. The predicted octanol–water partition coefficient (Wildman–Crippen LogP) is 2.80. The van der Waals surface area contributed by atoms with Crippen molar-refractivity contribution in [1.29, 1.82) is 5.26 Å². The highest BCUT2D eigenvalue weighted by molar-refractivity contribution is 5.43. The molecule has 1 atom stereocenters. The molecule has 1 N–H and O–H groups in total. The maximum Gasteiger partial charge on any atom is 0.127 e. The van der Waals surface area contributed by atoms with Gasteiger partial charge in [0.1, 0.15) is 5.82 Å². The highest BCUT2D eigenvalue weighted by Crippen LogP contribution is 2.21. The van der Waals surface area contributed by atoms with Gasteiger partial charge in [-0.3, -0.25) is 0 Å². The molecule has 3 heteroatoms. The molecule has 0 aliphatic rings. The third kappa shape index (κ3) is 3.25. The fourth-order valence-electron chi connectivity index (χ4n) is 1.02. The fourth-order valence-corrected chi connectivity index (χ4v) is 1.02. The second-order valence-electron chi connectivity index (χ2n) is 4.77. The van der Waals surface area contributed by atoms with E-state index in [1.165, 1.54) is 0 Å². The van der Waals surface area contributed by atoms with Gasteiger partial charge in [-0.25, -0.2) is 4.98 Å². The lowest BCUT2D eigenvalue weighted by Crippen LogP contribution is -2.31. The van der Waals surface area contributed by atoms with Crippen molar-refractivity contribution < 1.29 is 0 Å². The summed E-state index contributed by atoms with van der Waals surface area (Å²) in [6.07, 6.45) is 1.65. The fraction of sp³-hybridized carbons (Fsp3) is 0.500. The van der Waals surface area contributed by atoms with Crippen LogP contribution in [-0.4, -0.2) is 11.0 Å². The van der Waals surface area contributed by atoms with Crippen LogP contribution in [-0.2, 0) is 0 Å². The lowest BCUT2D eigenvalue weighted by Gasteiger charge is -2.28. The molecular formula is C12H17N3. The van der Waals surface area contributed by atoms with Gasteiger partial charge in [0, 0.05) is 12.2 Å². The summed E-state index contributed by atoms with van der Waals surface area (Å²) in [6.45, 7) is 8.61. The molecule has 0 spiro atoms. The lowest BCUT2D eigenvalue weighted by molar-refractivity contribution is 0.359. The molecule has 1 rings (SSSR count). The molecule has 0 amide bonds. The Morgan fingerprint density at radius 1 is 1.47 bits per heavy atom. The SMILES string of the molecule is CC(Nc1cc(C#N)ccn1)C(C)(C)C. The van der Waals surface area contributed by atoms with E-state index in [2.05, 4.69) is 44.1 Å². The standard InChI is InChI=1S/C12H17N3/c1-9(12(2,3)4)15-11-7-10(8-13)5-6-14-11/h5-7,9H,1-4H3,(H,14,15). The van der Waals surface area contributed by atoms with Crippen molar-refractivity contribution in [2.24, 2.45) is 5.41 Å². The zero-order chi connectivity index (χ0) is 11.5. The molecule has 0 saturated heterocycles. The van der Waals surface area contributed by atoms with Crippen molar-refractivity contribution >= 4 is 5.82 Å². The summed E-state index contributed by atoms with van der Waals surface area (Å²) < 4.78 is 0. The molecule has 1 unspecified atom stereocenters. The van der Waals surface area contributed by atoms with Gasteiger partial charge in [0.15, 0.2) is 0 Å². The van der Waals surface area contributed by atoms with Crippen LogP contribution in [0.2, 0.25) is 0 Å². The molecule has 3 nitrogen and oxygen atoms in total. The van der Waals surface area contributed by atoms with Gasteiger partial charge in [-0.2, -0.15) is 5.26 Å². The minimum Gasteiger partial charge on any atom is -0.367 e. The predicted molar refractivity (Wildman–Crippen MR) is 61.5 cm³/mol. The van der Waals surface area contributed by atoms with Crippen LogP contribution >= 0.6 is 0 Å². The zero-order valence-electron chi connectivity index (χ0n) is 9.70. The Balaban J connectivity index is 2.78. The van der Waals surface area contributed by atoms with Gasteiger partial charge in [0.25, 0.3) is 0 Å². The maximum atomic E-state index is 8.75. The summed E-state index contributed by atoms with van der Waals surface area (Å²) in [5, 5.41) is 12.0. The third-order valence-electron chi connectivity index (χ3n) is 2.55. The number of hydrogen-bond acceptors (Lipinski definition) is 3. The van der Waals surface area contributed by atoms with Crippen LogP contribution in [0.1, 0.15) is 33.3 Å². The normalized spacial score (nSPS) is 13.0. The van der Waals surface area contributed by atoms with Crippen LogP contribution in [0.15, 0.2) is 18.3 Å². The van der Waals surface area contributed by atoms with Crippen LogP contribution in [0.25, 0.3) is 0 Å². The smallest absolute Gasteiger partial charge is 0.127 e. The summed E-state index contributed by atoms with van der Waals surface area (Å²) >= 11 is 0. The first-order valence-corrected chi connectivity index (χ1v) is 5.06. The molecule has 0 aliphatic heterocycles. The number of nitriles is 1. The summed E-state index contributed by atoms with van der Waals surface area (Å²) in [7, 11) is 0. The van der Waals surface area contributed by atoms with Crippen molar-refractivity contribution in [3.05, 3.63) is 23.9 Å². The van der Waals surface area contributed by atoms with E-state index in [1.54, 1.807) is 18.3 Å². The number of hydrogen-bond donors (Lipinski definition) is 1. The molecule has 0 aliphatic carbocycles. The van der Waals surface area contributed by atoms with Gasteiger partial charge in [-0.05, 0) is 24.5 Å². The molecule has 0 saturated carbocycles. The minimum atomic E-state index is 0.171. The quantitative estimate of drug-likeness (QED) is 0.804. The van der Waals surface area contributed by atoms with Crippen LogP contribution in [0.4, 0.5) is 5.82 Å². The van der Waals surface area contributed by atoms with Gasteiger partial charge < -0.3 is 5.32 Å². The Morgan fingerprint density at radius 3 is 2.67 bits per heavy atom. The number of anilines is 1. The van der Waals surface area contributed by atoms with Crippen molar-refractivity contribution in [1.82, 2.24) is 4.98 Å². The highest BCUT2D eigenvalue weighted by atomic mass is 15.0. The molecule has 15 heavy (non-hydrogen) atoms. The zero-order valence-corrected chi connectivity index (χ0v) is 9.70. The van der Waals surface area contributed by atoms with Gasteiger partial charge in [-0.15, -0.1) is 0 Å². The minimum absolute atomic E-state index is 0.171. The number of rotatable bonds is 2. The Morgan fingerprint density at radius 2 is 2.13 bits per heavy atom. The summed E-state index contributed by atoms with van der Waals surface area (Å²) in [5.74, 6) is 0.761. The van der Waals surface area contributed by atoms with Gasteiger partial charge in [0.2, 0.25) is 0 Å². The average molecular weight is 203 g/mol. The Kier molecular flexibility index (Phi) is 3.31. The highest BCUT2D eigenvalue weighted by Gasteiger charge is 2.19. The second kappa shape index (κ2) is 4.31. The molecule has 1 aromatic heterocycles. The Bertz CT molecular complexity index is 371. The van der Waals surface area contributed by atoms with Crippen molar-refractivity contribution in [3.63, 3.8) is 0 Å². The van der Waals surface area contributed by atoms with Crippen molar-refractivity contribution in [3.8, 4) is 6.07 Å². The van der Waals surface area contributed by atoms with E-state index in [0.29, 0.717) is 11.6 Å². The molecule has 0 aromatic carbocycles. The summed E-state index contributed by atoms with van der Waals surface area (Å²) in [6, 6.07) is 5.87. The van der Waals surface area contributed by atoms with Gasteiger partial charge in [-0.1, -0.05) is 20.8 Å².